The van der Waals surface area contributed by atoms with Gasteiger partial charge in [-0.2, -0.15) is 0 Å². The van der Waals surface area contributed by atoms with E-state index in [2.05, 4.69) is 54.8 Å². The van der Waals surface area contributed by atoms with Crippen LogP contribution >= 0.6 is 7.82 Å². The number of carboxylic acid groups (broad SMARTS) is 1. The van der Waals surface area contributed by atoms with Crippen LogP contribution in [0, 0.1) is 0 Å². The van der Waals surface area contributed by atoms with Crippen LogP contribution in [-0.2, 0) is 37.5 Å². The lowest BCUT2D eigenvalue weighted by Gasteiger charge is -2.20. The number of ether oxygens (including phenoxy) is 2. The average molecular weight is 702 g/mol. The van der Waals surface area contributed by atoms with Crippen molar-refractivity contribution in [2.45, 2.75) is 154 Å². The first-order valence-electron chi connectivity index (χ1n) is 18.0. The first kappa shape index (κ1) is 45.7. The molecule has 3 atom stereocenters. The number of carbonyl (C=O) groups excluding carboxylic acids is 2. The number of phosphoric acid groups is 1. The van der Waals surface area contributed by atoms with Gasteiger partial charge >= 0.3 is 25.7 Å². The maximum Gasteiger partial charge on any atom is 0.472 e. The van der Waals surface area contributed by atoms with E-state index in [0.717, 1.165) is 51.4 Å². The molecule has 0 saturated heterocycles. The lowest BCUT2D eigenvalue weighted by atomic mass is 10.1. The SMILES string of the molecule is CCCCC/C=C\C/C=C\C/C=C\CCCCC(=O)OC[C@H](COP(=O)(O)OC[C@H](N)C(=O)O)OC(=O)CCCCCCCCCCC. The fourth-order valence-electron chi connectivity index (χ4n) is 4.48. The lowest BCUT2D eigenvalue weighted by Crippen LogP contribution is -2.34. The van der Waals surface area contributed by atoms with Crippen LogP contribution in [0.25, 0.3) is 0 Å². The predicted octanol–water partition coefficient (Wildman–Crippen LogP) is 8.50. The minimum atomic E-state index is -4.71. The standard InChI is InChI=1S/C36H64NO10P/c1-3-5-7-9-11-13-14-15-16-17-18-20-21-23-25-27-34(38)44-29-32(30-45-48(42,43)46-31-33(37)36(40)41)47-35(39)28-26-24-22-19-12-10-8-6-4-2/h11,13,15-16,18,20,32-33H,3-10,12,14,17,19,21-31,37H2,1-2H3,(H,40,41)(H,42,43)/b13-11-,16-15-,20-18-/t32-,33+/m1/s1. The van der Waals surface area contributed by atoms with Crippen molar-refractivity contribution >= 4 is 25.7 Å². The Morgan fingerprint density at radius 1 is 0.646 bits per heavy atom. The van der Waals surface area contributed by atoms with Crippen molar-refractivity contribution < 1.29 is 47.5 Å². The number of hydrogen-bond acceptors (Lipinski definition) is 9. The maximum absolute atomic E-state index is 12.5. The van der Waals surface area contributed by atoms with Crippen molar-refractivity contribution in [1.82, 2.24) is 0 Å². The summed E-state index contributed by atoms with van der Waals surface area (Å²) in [4.78, 5) is 45.5. The van der Waals surface area contributed by atoms with Crippen LogP contribution < -0.4 is 5.73 Å². The van der Waals surface area contributed by atoms with Crippen molar-refractivity contribution in [3.63, 3.8) is 0 Å². The van der Waals surface area contributed by atoms with Gasteiger partial charge in [0.2, 0.25) is 0 Å². The molecule has 0 aliphatic heterocycles. The highest BCUT2D eigenvalue weighted by Gasteiger charge is 2.28. The van der Waals surface area contributed by atoms with Crippen LogP contribution in [0.1, 0.15) is 142 Å². The second-order valence-corrected chi connectivity index (χ2v) is 13.5. The van der Waals surface area contributed by atoms with Crippen LogP contribution in [-0.4, -0.2) is 59.9 Å². The summed E-state index contributed by atoms with van der Waals surface area (Å²) in [6.07, 6.45) is 30.9. The molecular weight excluding hydrogens is 637 g/mol. The predicted molar refractivity (Wildman–Crippen MR) is 189 cm³/mol. The molecule has 0 fully saturated rings. The number of hydrogen-bond donors (Lipinski definition) is 3. The molecule has 0 amide bonds. The molecule has 0 saturated carbocycles. The molecule has 0 aliphatic carbocycles. The van der Waals surface area contributed by atoms with Crippen molar-refractivity contribution in [3.8, 4) is 0 Å². The first-order chi connectivity index (χ1) is 23.1. The molecule has 11 nitrogen and oxygen atoms in total. The fourth-order valence-corrected chi connectivity index (χ4v) is 5.26. The first-order valence-corrected chi connectivity index (χ1v) is 19.5. The second-order valence-electron chi connectivity index (χ2n) is 12.0. The molecule has 1 unspecified atom stereocenters. The smallest absolute Gasteiger partial charge is 0.472 e. The highest BCUT2D eigenvalue weighted by atomic mass is 31.2. The van der Waals surface area contributed by atoms with Crippen molar-refractivity contribution in [2.75, 3.05) is 19.8 Å². The van der Waals surface area contributed by atoms with Gasteiger partial charge in [0.1, 0.15) is 12.6 Å². The van der Waals surface area contributed by atoms with Crippen LogP contribution in [0.15, 0.2) is 36.5 Å². The van der Waals surface area contributed by atoms with E-state index in [1.165, 1.54) is 51.4 Å². The third-order valence-corrected chi connectivity index (χ3v) is 8.34. The number of rotatable bonds is 33. The number of phosphoric ester groups is 1. The summed E-state index contributed by atoms with van der Waals surface area (Å²) in [5.74, 6) is -2.43. The van der Waals surface area contributed by atoms with Crippen LogP contribution in [0.4, 0.5) is 0 Å². The Bertz CT molecular complexity index is 968. The van der Waals surface area contributed by atoms with Gasteiger partial charge in [-0.1, -0.05) is 115 Å². The largest absolute Gasteiger partial charge is 0.480 e. The van der Waals surface area contributed by atoms with E-state index >= 15 is 0 Å². The van der Waals surface area contributed by atoms with Gasteiger partial charge in [-0.05, 0) is 51.4 Å². The van der Waals surface area contributed by atoms with Gasteiger partial charge in [0.25, 0.3) is 0 Å². The van der Waals surface area contributed by atoms with E-state index in [-0.39, 0.29) is 19.4 Å². The monoisotopic (exact) mass is 701 g/mol. The highest BCUT2D eigenvalue weighted by molar-refractivity contribution is 7.47. The van der Waals surface area contributed by atoms with Gasteiger partial charge in [0, 0.05) is 12.8 Å². The van der Waals surface area contributed by atoms with E-state index in [0.29, 0.717) is 12.8 Å². The Labute approximate surface area is 289 Å². The van der Waals surface area contributed by atoms with Gasteiger partial charge in [0.15, 0.2) is 6.10 Å². The van der Waals surface area contributed by atoms with Crippen LogP contribution in [0.2, 0.25) is 0 Å². The summed E-state index contributed by atoms with van der Waals surface area (Å²) in [5, 5.41) is 8.83. The number of unbranched alkanes of at least 4 members (excludes halogenated alkanes) is 13. The van der Waals surface area contributed by atoms with E-state index in [4.69, 9.17) is 24.8 Å². The average Bonchev–Trinajstić information content (AvgIpc) is 3.05. The molecule has 0 aromatic rings. The van der Waals surface area contributed by atoms with E-state index in [1.54, 1.807) is 0 Å². The normalized spacial score (nSPS) is 14.4. The Morgan fingerprint density at radius 2 is 1.10 bits per heavy atom. The fraction of sp³-hybridized carbons (Fsp3) is 0.750. The van der Waals surface area contributed by atoms with Gasteiger partial charge < -0.3 is 25.2 Å². The second kappa shape index (κ2) is 31.9. The number of allylic oxidation sites excluding steroid dienone is 6. The van der Waals surface area contributed by atoms with Gasteiger partial charge in [-0.3, -0.25) is 23.4 Å². The molecule has 0 aromatic carbocycles. The molecule has 4 N–H and O–H groups in total. The molecule has 0 heterocycles. The third kappa shape index (κ3) is 31.0. The zero-order chi connectivity index (χ0) is 35.7. The zero-order valence-corrected chi connectivity index (χ0v) is 30.5. The molecule has 0 spiro atoms. The quantitative estimate of drug-likeness (QED) is 0.0259. The van der Waals surface area contributed by atoms with Gasteiger partial charge in [0.05, 0.1) is 13.2 Å². The maximum atomic E-state index is 12.5. The van der Waals surface area contributed by atoms with E-state index in [1.807, 2.05) is 0 Å². The highest BCUT2D eigenvalue weighted by Crippen LogP contribution is 2.43. The topological polar surface area (TPSA) is 172 Å². The minimum Gasteiger partial charge on any atom is -0.480 e. The van der Waals surface area contributed by atoms with Crippen molar-refractivity contribution in [2.24, 2.45) is 5.73 Å². The molecule has 0 aliphatic rings. The van der Waals surface area contributed by atoms with Crippen LogP contribution in [0.3, 0.4) is 0 Å². The summed E-state index contributed by atoms with van der Waals surface area (Å²) >= 11 is 0. The zero-order valence-electron chi connectivity index (χ0n) is 29.6. The van der Waals surface area contributed by atoms with E-state index in [9.17, 15) is 23.8 Å². The van der Waals surface area contributed by atoms with E-state index < -0.39 is 51.1 Å². The summed E-state index contributed by atoms with van der Waals surface area (Å²) < 4.78 is 32.4. The molecule has 278 valence electrons. The molecule has 0 aromatic heterocycles. The van der Waals surface area contributed by atoms with Gasteiger partial charge in [-0.15, -0.1) is 0 Å². The Hall–Kier alpha value is -2.30. The van der Waals surface area contributed by atoms with Crippen molar-refractivity contribution in [1.29, 1.82) is 0 Å². The van der Waals surface area contributed by atoms with Gasteiger partial charge in [-0.25, -0.2) is 4.57 Å². The molecule has 0 bridgehead atoms. The Balaban J connectivity index is 4.52. The number of carboxylic acids is 1. The number of nitrogens with two attached hydrogens (primary N) is 1. The lowest BCUT2D eigenvalue weighted by molar-refractivity contribution is -0.161. The van der Waals surface area contributed by atoms with Crippen LogP contribution in [0.5, 0.6) is 0 Å². The molecule has 48 heavy (non-hydrogen) atoms. The number of carbonyl (C=O) groups is 3. The summed E-state index contributed by atoms with van der Waals surface area (Å²) in [6.45, 7) is 2.67. The van der Waals surface area contributed by atoms with Crippen molar-refractivity contribution in [3.05, 3.63) is 36.5 Å². The third-order valence-electron chi connectivity index (χ3n) is 7.39. The summed E-state index contributed by atoms with van der Waals surface area (Å²) in [5.41, 5.74) is 5.30. The Kier molecular flexibility index (Phi) is 30.4. The summed E-state index contributed by atoms with van der Waals surface area (Å²) in [7, 11) is -4.71. The molecule has 0 radical (unpaired) electrons. The summed E-state index contributed by atoms with van der Waals surface area (Å²) in [6, 6.07) is -1.52. The number of aliphatic carboxylic acids is 1. The minimum absolute atomic E-state index is 0.153. The Morgan fingerprint density at radius 3 is 1.69 bits per heavy atom. The molecular formula is C36H64NO10P. The molecule has 12 heteroatoms. The molecule has 0 rings (SSSR count). The number of esters is 2.